The van der Waals surface area contributed by atoms with Crippen molar-refractivity contribution in [1.29, 1.82) is 0 Å². The van der Waals surface area contributed by atoms with E-state index in [0.29, 0.717) is 6.04 Å². The van der Waals surface area contributed by atoms with Crippen molar-refractivity contribution in [1.82, 2.24) is 5.32 Å². The number of benzene rings is 1. The average molecular weight is 288 g/mol. The van der Waals surface area contributed by atoms with Crippen LogP contribution in [0.3, 0.4) is 0 Å². The maximum Gasteiger partial charge on any atom is 0.251 e. The van der Waals surface area contributed by atoms with Crippen molar-refractivity contribution in [2.24, 2.45) is 11.8 Å². The van der Waals surface area contributed by atoms with Crippen molar-refractivity contribution in [3.05, 3.63) is 29.3 Å². The molecule has 1 aliphatic rings. The van der Waals surface area contributed by atoms with E-state index in [-0.39, 0.29) is 5.91 Å². The first-order valence-electron chi connectivity index (χ1n) is 8.11. The lowest BCUT2D eigenvalue weighted by Crippen LogP contribution is -2.30. The Balaban J connectivity index is 2.11. The summed E-state index contributed by atoms with van der Waals surface area (Å²) in [6.07, 6.45) is 5.12. The molecular weight excluding hydrogens is 260 g/mol. The van der Waals surface area contributed by atoms with Crippen LogP contribution < -0.4 is 10.6 Å². The predicted octanol–water partition coefficient (Wildman–Crippen LogP) is 3.98. The summed E-state index contributed by atoms with van der Waals surface area (Å²) in [5.74, 6) is 1.56. The van der Waals surface area contributed by atoms with Gasteiger partial charge in [-0.25, -0.2) is 0 Å². The summed E-state index contributed by atoms with van der Waals surface area (Å²) in [4.78, 5) is 11.9. The first-order chi connectivity index (χ1) is 10.0. The van der Waals surface area contributed by atoms with Crippen LogP contribution in [0.1, 0.15) is 55.5 Å². The van der Waals surface area contributed by atoms with Crippen LogP contribution in [0.25, 0.3) is 0 Å². The quantitative estimate of drug-likeness (QED) is 0.880. The van der Waals surface area contributed by atoms with Gasteiger partial charge in [0.05, 0.1) is 0 Å². The zero-order chi connectivity index (χ0) is 15.4. The lowest BCUT2D eigenvalue weighted by Gasteiger charge is -2.33. The van der Waals surface area contributed by atoms with E-state index in [1.165, 1.54) is 25.7 Å². The van der Waals surface area contributed by atoms with Crippen LogP contribution in [0.4, 0.5) is 5.69 Å². The number of amides is 1. The zero-order valence-corrected chi connectivity index (χ0v) is 13.7. The number of rotatable bonds is 4. The molecule has 1 aromatic rings. The van der Waals surface area contributed by atoms with E-state index >= 15 is 0 Å². The van der Waals surface area contributed by atoms with Gasteiger partial charge >= 0.3 is 0 Å². The Hall–Kier alpha value is -1.51. The Morgan fingerprint density at radius 2 is 2.05 bits per heavy atom. The standard InChI is InChI=1S/C18H28N2O/c1-12(2)14-7-5-8-15(11-14)20-17-10-6-9-16(13(17)3)18(21)19-4/h6,9-10,12,14-15,20H,5,7-8,11H2,1-4H3,(H,19,21). The first-order valence-corrected chi connectivity index (χ1v) is 8.11. The lowest BCUT2D eigenvalue weighted by atomic mass is 9.79. The minimum absolute atomic E-state index is 0.0140. The molecule has 0 bridgehead atoms. The average Bonchev–Trinajstić information content (AvgIpc) is 2.49. The first kappa shape index (κ1) is 15.9. The van der Waals surface area contributed by atoms with Crippen molar-refractivity contribution < 1.29 is 4.79 Å². The molecule has 0 aromatic heterocycles. The second kappa shape index (κ2) is 6.97. The van der Waals surface area contributed by atoms with E-state index in [1.54, 1.807) is 7.05 Å². The molecule has 116 valence electrons. The third-order valence-corrected chi connectivity index (χ3v) is 4.82. The van der Waals surface area contributed by atoms with E-state index < -0.39 is 0 Å². The molecule has 1 fully saturated rings. The van der Waals surface area contributed by atoms with E-state index in [2.05, 4.69) is 30.5 Å². The summed E-state index contributed by atoms with van der Waals surface area (Å²) in [6.45, 7) is 6.67. The van der Waals surface area contributed by atoms with Gasteiger partial charge in [0, 0.05) is 24.3 Å². The molecule has 1 aliphatic carbocycles. The van der Waals surface area contributed by atoms with Crippen LogP contribution in [-0.4, -0.2) is 19.0 Å². The van der Waals surface area contributed by atoms with Gasteiger partial charge in [0.15, 0.2) is 0 Å². The summed E-state index contributed by atoms with van der Waals surface area (Å²) in [7, 11) is 1.68. The Kier molecular flexibility index (Phi) is 5.27. The second-order valence-electron chi connectivity index (χ2n) is 6.57. The van der Waals surface area contributed by atoms with Crippen LogP contribution in [0.15, 0.2) is 18.2 Å². The molecule has 3 nitrogen and oxygen atoms in total. The molecule has 2 unspecified atom stereocenters. The highest BCUT2D eigenvalue weighted by molar-refractivity contribution is 5.96. The molecule has 1 saturated carbocycles. The van der Waals surface area contributed by atoms with Gasteiger partial charge in [0.1, 0.15) is 0 Å². The summed E-state index contributed by atoms with van der Waals surface area (Å²) in [5, 5.41) is 6.38. The monoisotopic (exact) mass is 288 g/mol. The number of hydrogen-bond donors (Lipinski definition) is 2. The van der Waals surface area contributed by atoms with Gasteiger partial charge in [0.2, 0.25) is 0 Å². The molecule has 0 heterocycles. The van der Waals surface area contributed by atoms with E-state index in [0.717, 1.165) is 28.7 Å². The fourth-order valence-electron chi connectivity index (χ4n) is 3.36. The van der Waals surface area contributed by atoms with Gasteiger partial charge in [0.25, 0.3) is 5.91 Å². The molecule has 2 N–H and O–H groups in total. The maximum absolute atomic E-state index is 11.9. The predicted molar refractivity (Wildman–Crippen MR) is 88.8 cm³/mol. The normalized spacial score (nSPS) is 22.1. The van der Waals surface area contributed by atoms with Crippen molar-refractivity contribution >= 4 is 11.6 Å². The molecule has 1 aromatic carbocycles. The molecular formula is C18H28N2O. The van der Waals surface area contributed by atoms with Gasteiger partial charge in [-0.05, 0) is 49.3 Å². The molecule has 0 radical (unpaired) electrons. The fraction of sp³-hybridized carbons (Fsp3) is 0.611. The Morgan fingerprint density at radius 3 is 2.71 bits per heavy atom. The minimum atomic E-state index is -0.0140. The summed E-state index contributed by atoms with van der Waals surface area (Å²) in [5.41, 5.74) is 2.91. The van der Waals surface area contributed by atoms with Crippen LogP contribution >= 0.6 is 0 Å². The highest BCUT2D eigenvalue weighted by Crippen LogP contribution is 2.32. The van der Waals surface area contributed by atoms with Crippen molar-refractivity contribution in [3.63, 3.8) is 0 Å². The van der Waals surface area contributed by atoms with Crippen LogP contribution in [0, 0.1) is 18.8 Å². The molecule has 0 aliphatic heterocycles. The molecule has 2 atom stereocenters. The molecule has 3 heteroatoms. The van der Waals surface area contributed by atoms with Crippen molar-refractivity contribution in [3.8, 4) is 0 Å². The highest BCUT2D eigenvalue weighted by atomic mass is 16.1. The number of carbonyl (C=O) groups excluding carboxylic acids is 1. The third-order valence-electron chi connectivity index (χ3n) is 4.82. The summed E-state index contributed by atoms with van der Waals surface area (Å²) < 4.78 is 0. The zero-order valence-electron chi connectivity index (χ0n) is 13.7. The Labute approximate surface area is 128 Å². The topological polar surface area (TPSA) is 41.1 Å². The van der Waals surface area contributed by atoms with Gasteiger partial charge in [-0.1, -0.05) is 32.8 Å². The van der Waals surface area contributed by atoms with Gasteiger partial charge in [-0.3, -0.25) is 4.79 Å². The van der Waals surface area contributed by atoms with Crippen molar-refractivity contribution in [2.75, 3.05) is 12.4 Å². The number of carbonyl (C=O) groups is 1. The van der Waals surface area contributed by atoms with Crippen LogP contribution in [0.5, 0.6) is 0 Å². The Morgan fingerprint density at radius 1 is 1.29 bits per heavy atom. The van der Waals surface area contributed by atoms with E-state index in [1.807, 2.05) is 19.1 Å². The molecule has 2 rings (SSSR count). The van der Waals surface area contributed by atoms with E-state index in [4.69, 9.17) is 0 Å². The maximum atomic E-state index is 11.9. The SMILES string of the molecule is CNC(=O)c1cccc(NC2CCCC(C(C)C)C2)c1C. The van der Waals surface area contributed by atoms with Gasteiger partial charge < -0.3 is 10.6 Å². The second-order valence-corrected chi connectivity index (χ2v) is 6.57. The molecule has 1 amide bonds. The fourth-order valence-corrected chi connectivity index (χ4v) is 3.36. The van der Waals surface area contributed by atoms with Crippen LogP contribution in [-0.2, 0) is 0 Å². The minimum Gasteiger partial charge on any atom is -0.382 e. The number of hydrogen-bond acceptors (Lipinski definition) is 2. The lowest BCUT2D eigenvalue weighted by molar-refractivity contribution is 0.0962. The van der Waals surface area contributed by atoms with Gasteiger partial charge in [-0.15, -0.1) is 0 Å². The van der Waals surface area contributed by atoms with Crippen molar-refractivity contribution in [2.45, 2.75) is 52.5 Å². The Bertz CT molecular complexity index is 496. The summed E-state index contributed by atoms with van der Waals surface area (Å²) in [6, 6.07) is 6.46. The van der Waals surface area contributed by atoms with Crippen LogP contribution in [0.2, 0.25) is 0 Å². The molecule has 0 spiro atoms. The highest BCUT2D eigenvalue weighted by Gasteiger charge is 2.24. The smallest absolute Gasteiger partial charge is 0.251 e. The largest absolute Gasteiger partial charge is 0.382 e. The number of nitrogens with one attached hydrogen (secondary N) is 2. The summed E-state index contributed by atoms with van der Waals surface area (Å²) >= 11 is 0. The van der Waals surface area contributed by atoms with E-state index in [9.17, 15) is 4.79 Å². The molecule has 21 heavy (non-hydrogen) atoms. The van der Waals surface area contributed by atoms with Gasteiger partial charge in [-0.2, -0.15) is 0 Å². The number of anilines is 1. The third kappa shape index (κ3) is 3.78. The molecule has 0 saturated heterocycles.